The maximum atomic E-state index is 11.6. The summed E-state index contributed by atoms with van der Waals surface area (Å²) < 4.78 is 4.93. The Kier molecular flexibility index (Phi) is 7.59. The van der Waals surface area contributed by atoms with Gasteiger partial charge in [-0.1, -0.05) is 6.92 Å². The van der Waals surface area contributed by atoms with Crippen LogP contribution in [0, 0.1) is 0 Å². The molecule has 5 nitrogen and oxygen atoms in total. The molecule has 0 aliphatic heterocycles. The number of ether oxygens (including phenoxy) is 1. The fourth-order valence-corrected chi connectivity index (χ4v) is 1.48. The van der Waals surface area contributed by atoms with Crippen LogP contribution in [0.25, 0.3) is 0 Å². The molecule has 0 fully saturated rings. The second kappa shape index (κ2) is 8.08. The molecule has 0 aliphatic rings. The maximum absolute atomic E-state index is 11.6. The first-order valence-corrected chi connectivity index (χ1v) is 6.51. The van der Waals surface area contributed by atoms with Gasteiger partial charge in [-0.25, -0.2) is 0 Å². The van der Waals surface area contributed by atoms with Crippen molar-refractivity contribution in [2.45, 2.75) is 59.0 Å². The Hall–Kier alpha value is -1.10. The largest absolute Gasteiger partial charge is 0.465 e. The molecule has 1 unspecified atom stereocenters. The number of amides is 1. The number of carbonyl (C=O) groups is 2. The Bertz CT molecular complexity index is 272. The van der Waals surface area contributed by atoms with Gasteiger partial charge in [0, 0.05) is 18.5 Å². The van der Waals surface area contributed by atoms with Crippen LogP contribution in [0.15, 0.2) is 0 Å². The van der Waals surface area contributed by atoms with Gasteiger partial charge in [-0.15, -0.1) is 0 Å². The fraction of sp³-hybridized carbons (Fsp3) is 0.846. The van der Waals surface area contributed by atoms with E-state index in [0.717, 1.165) is 0 Å². The number of hydrogen-bond acceptors (Lipinski definition) is 4. The highest BCUT2D eigenvalue weighted by molar-refractivity contribution is 5.77. The van der Waals surface area contributed by atoms with Crippen LogP contribution >= 0.6 is 0 Å². The van der Waals surface area contributed by atoms with Gasteiger partial charge in [-0.05, 0) is 34.1 Å². The lowest BCUT2D eigenvalue weighted by Crippen LogP contribution is -2.43. The summed E-state index contributed by atoms with van der Waals surface area (Å²) >= 11 is 0. The standard InChI is InChI=1S/C13H26N2O3/c1-6-10(12(17)18-7-2)14-9-8-11(16)15-13(3,4)5/h10,14H,6-9H2,1-5H3,(H,15,16). The molecule has 0 saturated heterocycles. The Morgan fingerprint density at radius 1 is 1.22 bits per heavy atom. The minimum absolute atomic E-state index is 0.0197. The van der Waals surface area contributed by atoms with Crippen molar-refractivity contribution < 1.29 is 14.3 Å². The molecule has 18 heavy (non-hydrogen) atoms. The first-order valence-electron chi connectivity index (χ1n) is 6.51. The van der Waals surface area contributed by atoms with Crippen molar-refractivity contribution in [2.24, 2.45) is 0 Å². The van der Waals surface area contributed by atoms with E-state index in [-0.39, 0.29) is 23.5 Å². The van der Waals surface area contributed by atoms with Gasteiger partial charge in [0.15, 0.2) is 0 Å². The number of carbonyl (C=O) groups excluding carboxylic acids is 2. The van der Waals surface area contributed by atoms with Gasteiger partial charge in [-0.2, -0.15) is 0 Å². The molecule has 0 rings (SSSR count). The van der Waals surface area contributed by atoms with E-state index < -0.39 is 0 Å². The van der Waals surface area contributed by atoms with E-state index in [1.807, 2.05) is 27.7 Å². The monoisotopic (exact) mass is 258 g/mol. The highest BCUT2D eigenvalue weighted by atomic mass is 16.5. The SMILES string of the molecule is CCOC(=O)C(CC)NCCC(=O)NC(C)(C)C. The Labute approximate surface area is 110 Å². The topological polar surface area (TPSA) is 67.4 Å². The van der Waals surface area contributed by atoms with Crippen molar-refractivity contribution in [2.75, 3.05) is 13.2 Å². The Balaban J connectivity index is 3.94. The van der Waals surface area contributed by atoms with E-state index >= 15 is 0 Å². The van der Waals surface area contributed by atoms with Gasteiger partial charge in [0.2, 0.25) is 5.91 Å². The van der Waals surface area contributed by atoms with Gasteiger partial charge < -0.3 is 15.4 Å². The van der Waals surface area contributed by atoms with Gasteiger partial charge in [0.25, 0.3) is 0 Å². The fourth-order valence-electron chi connectivity index (χ4n) is 1.48. The minimum atomic E-state index is -0.326. The third kappa shape index (κ3) is 8.06. The molecule has 0 spiro atoms. The molecule has 0 radical (unpaired) electrons. The molecule has 0 aromatic heterocycles. The molecule has 1 amide bonds. The smallest absolute Gasteiger partial charge is 0.323 e. The number of nitrogens with one attached hydrogen (secondary N) is 2. The Morgan fingerprint density at radius 3 is 2.28 bits per heavy atom. The number of rotatable bonds is 7. The maximum Gasteiger partial charge on any atom is 0.323 e. The molecule has 106 valence electrons. The third-order valence-corrected chi connectivity index (χ3v) is 2.24. The van der Waals surface area contributed by atoms with Crippen LogP contribution in [0.1, 0.15) is 47.5 Å². The minimum Gasteiger partial charge on any atom is -0.465 e. The third-order valence-electron chi connectivity index (χ3n) is 2.24. The van der Waals surface area contributed by atoms with E-state index in [4.69, 9.17) is 4.74 Å². The zero-order valence-electron chi connectivity index (χ0n) is 12.1. The zero-order chi connectivity index (χ0) is 14.2. The second-order valence-electron chi connectivity index (χ2n) is 5.22. The second-order valence-corrected chi connectivity index (χ2v) is 5.22. The van der Waals surface area contributed by atoms with E-state index in [9.17, 15) is 9.59 Å². The average molecular weight is 258 g/mol. The molecule has 0 aliphatic carbocycles. The number of esters is 1. The average Bonchev–Trinajstić information content (AvgIpc) is 2.22. The molecule has 2 N–H and O–H groups in total. The van der Waals surface area contributed by atoms with Crippen LogP contribution in [0.5, 0.6) is 0 Å². The van der Waals surface area contributed by atoms with Gasteiger partial charge in [0.05, 0.1) is 6.61 Å². The molecular formula is C13H26N2O3. The summed E-state index contributed by atoms with van der Waals surface area (Å²) in [5.74, 6) is -0.273. The van der Waals surface area contributed by atoms with Crippen molar-refractivity contribution >= 4 is 11.9 Å². The molecule has 0 saturated carbocycles. The lowest BCUT2D eigenvalue weighted by Gasteiger charge is -2.21. The lowest BCUT2D eigenvalue weighted by atomic mass is 10.1. The predicted octanol–water partition coefficient (Wildman–Crippen LogP) is 1.22. The molecule has 0 aromatic carbocycles. The van der Waals surface area contributed by atoms with Crippen LogP contribution in [-0.4, -0.2) is 36.6 Å². The molecule has 1 atom stereocenters. The predicted molar refractivity (Wildman–Crippen MR) is 71.2 cm³/mol. The number of hydrogen-bond donors (Lipinski definition) is 2. The molecule has 5 heteroatoms. The highest BCUT2D eigenvalue weighted by Gasteiger charge is 2.18. The summed E-state index contributed by atoms with van der Waals surface area (Å²) in [5.41, 5.74) is -0.220. The van der Waals surface area contributed by atoms with Crippen LogP contribution in [-0.2, 0) is 14.3 Å². The van der Waals surface area contributed by atoms with Crippen molar-refractivity contribution in [3.63, 3.8) is 0 Å². The van der Waals surface area contributed by atoms with Crippen molar-refractivity contribution in [3.05, 3.63) is 0 Å². The van der Waals surface area contributed by atoms with E-state index in [1.165, 1.54) is 0 Å². The van der Waals surface area contributed by atoms with Gasteiger partial charge in [0.1, 0.15) is 6.04 Å². The highest BCUT2D eigenvalue weighted by Crippen LogP contribution is 1.99. The van der Waals surface area contributed by atoms with Crippen molar-refractivity contribution in [1.29, 1.82) is 0 Å². The Morgan fingerprint density at radius 2 is 1.83 bits per heavy atom. The zero-order valence-corrected chi connectivity index (χ0v) is 12.1. The van der Waals surface area contributed by atoms with Crippen LogP contribution < -0.4 is 10.6 Å². The van der Waals surface area contributed by atoms with E-state index in [1.54, 1.807) is 6.92 Å². The molecule has 0 bridgehead atoms. The van der Waals surface area contributed by atoms with Crippen LogP contribution in [0.3, 0.4) is 0 Å². The summed E-state index contributed by atoms with van der Waals surface area (Å²) in [4.78, 5) is 23.1. The first kappa shape index (κ1) is 16.9. The normalized spacial score (nSPS) is 12.9. The summed E-state index contributed by atoms with van der Waals surface area (Å²) in [6.07, 6.45) is 1.01. The van der Waals surface area contributed by atoms with E-state index in [2.05, 4.69) is 10.6 Å². The van der Waals surface area contributed by atoms with Gasteiger partial charge >= 0.3 is 5.97 Å². The van der Waals surface area contributed by atoms with E-state index in [0.29, 0.717) is 26.0 Å². The molecular weight excluding hydrogens is 232 g/mol. The van der Waals surface area contributed by atoms with Crippen LogP contribution in [0.4, 0.5) is 0 Å². The van der Waals surface area contributed by atoms with Crippen LogP contribution in [0.2, 0.25) is 0 Å². The first-order chi connectivity index (χ1) is 8.30. The van der Waals surface area contributed by atoms with Crippen molar-refractivity contribution in [3.8, 4) is 0 Å². The summed E-state index contributed by atoms with van der Waals surface area (Å²) in [6.45, 7) is 10.3. The van der Waals surface area contributed by atoms with Gasteiger partial charge in [-0.3, -0.25) is 9.59 Å². The summed E-state index contributed by atoms with van der Waals surface area (Å²) in [5, 5.41) is 5.91. The summed E-state index contributed by atoms with van der Waals surface area (Å²) in [7, 11) is 0. The van der Waals surface area contributed by atoms with Crippen molar-refractivity contribution in [1.82, 2.24) is 10.6 Å². The molecule has 0 heterocycles. The summed E-state index contributed by atoms with van der Waals surface area (Å²) in [6, 6.07) is -0.326. The quantitative estimate of drug-likeness (QED) is 0.674. The lowest BCUT2D eigenvalue weighted by molar-refractivity contribution is -0.145. The molecule has 0 aromatic rings.